The zero-order chi connectivity index (χ0) is 16.8. The number of carbonyl (C=O) groups is 1. The van der Waals surface area contributed by atoms with Crippen molar-refractivity contribution in [3.63, 3.8) is 0 Å². The summed E-state index contributed by atoms with van der Waals surface area (Å²) in [5, 5.41) is 14.7. The molecule has 6 nitrogen and oxygen atoms in total. The molecule has 2 N–H and O–H groups in total. The van der Waals surface area contributed by atoms with Gasteiger partial charge in [0.05, 0.1) is 24.0 Å². The number of carbonyl (C=O) groups excluding carboxylic acids is 1. The minimum absolute atomic E-state index is 0.191. The Labute approximate surface area is 138 Å². The van der Waals surface area contributed by atoms with Gasteiger partial charge in [0.1, 0.15) is 11.5 Å². The number of amides is 1. The number of nitriles is 1. The molecule has 0 saturated heterocycles. The molecule has 0 unspecified atom stereocenters. The highest BCUT2D eigenvalue weighted by molar-refractivity contribution is 6.02. The Balaban J connectivity index is 1.68. The molecule has 0 aliphatic carbocycles. The van der Waals surface area contributed by atoms with Gasteiger partial charge < -0.3 is 10.6 Å². The molecule has 0 fully saturated rings. The fourth-order valence-corrected chi connectivity index (χ4v) is 2.04. The van der Waals surface area contributed by atoms with E-state index in [9.17, 15) is 4.79 Å². The molecule has 0 saturated carbocycles. The van der Waals surface area contributed by atoms with Crippen molar-refractivity contribution in [1.29, 1.82) is 5.26 Å². The molecule has 1 aromatic heterocycles. The summed E-state index contributed by atoms with van der Waals surface area (Å²) in [6, 6.07) is 18.2. The molecule has 6 heteroatoms. The third-order valence-corrected chi connectivity index (χ3v) is 3.18. The highest BCUT2D eigenvalue weighted by Gasteiger charge is 2.09. The SMILES string of the molecule is N#Cc1cccc(NC(=O)c2cnc(Nc3ccccc3)cn2)c1. The van der Waals surface area contributed by atoms with Crippen LogP contribution >= 0.6 is 0 Å². The molecule has 0 radical (unpaired) electrons. The van der Waals surface area contributed by atoms with Crippen LogP contribution in [0.15, 0.2) is 67.0 Å². The number of hydrogen-bond acceptors (Lipinski definition) is 5. The molecular weight excluding hydrogens is 302 g/mol. The van der Waals surface area contributed by atoms with Crippen LogP contribution in [-0.4, -0.2) is 15.9 Å². The van der Waals surface area contributed by atoms with E-state index in [-0.39, 0.29) is 11.6 Å². The molecule has 0 aliphatic rings. The Morgan fingerprint density at radius 1 is 0.958 bits per heavy atom. The van der Waals surface area contributed by atoms with Gasteiger partial charge in [-0.3, -0.25) is 4.79 Å². The second kappa shape index (κ2) is 7.03. The van der Waals surface area contributed by atoms with Gasteiger partial charge in [0.25, 0.3) is 5.91 Å². The second-order valence-corrected chi connectivity index (χ2v) is 4.92. The van der Waals surface area contributed by atoms with E-state index in [1.165, 1.54) is 12.4 Å². The van der Waals surface area contributed by atoms with Gasteiger partial charge >= 0.3 is 0 Å². The van der Waals surface area contributed by atoms with E-state index in [2.05, 4.69) is 20.6 Å². The number of nitrogens with one attached hydrogen (secondary N) is 2. The molecule has 0 aliphatic heterocycles. The minimum atomic E-state index is -0.385. The highest BCUT2D eigenvalue weighted by Crippen LogP contribution is 2.14. The van der Waals surface area contributed by atoms with Gasteiger partial charge in [-0.05, 0) is 30.3 Å². The van der Waals surface area contributed by atoms with Gasteiger partial charge in [-0.1, -0.05) is 24.3 Å². The smallest absolute Gasteiger partial charge is 0.275 e. The van der Waals surface area contributed by atoms with E-state index < -0.39 is 0 Å². The summed E-state index contributed by atoms with van der Waals surface area (Å²) in [6.07, 6.45) is 2.89. The summed E-state index contributed by atoms with van der Waals surface area (Å²) >= 11 is 0. The van der Waals surface area contributed by atoms with Crippen molar-refractivity contribution >= 4 is 23.1 Å². The lowest BCUT2D eigenvalue weighted by molar-refractivity contribution is 0.102. The first-order chi connectivity index (χ1) is 11.7. The Morgan fingerprint density at radius 3 is 2.46 bits per heavy atom. The minimum Gasteiger partial charge on any atom is -0.339 e. The van der Waals surface area contributed by atoms with Crippen LogP contribution in [0.25, 0.3) is 0 Å². The van der Waals surface area contributed by atoms with Crippen LogP contribution in [0.1, 0.15) is 16.1 Å². The summed E-state index contributed by atoms with van der Waals surface area (Å²) in [6.45, 7) is 0. The average molecular weight is 315 g/mol. The van der Waals surface area contributed by atoms with Crippen LogP contribution in [0, 0.1) is 11.3 Å². The molecule has 1 amide bonds. The summed E-state index contributed by atoms with van der Waals surface area (Å²) in [5.41, 5.74) is 2.09. The van der Waals surface area contributed by atoms with E-state index in [1.54, 1.807) is 24.3 Å². The zero-order valence-corrected chi connectivity index (χ0v) is 12.6. The van der Waals surface area contributed by atoms with Crippen molar-refractivity contribution in [2.75, 3.05) is 10.6 Å². The van der Waals surface area contributed by atoms with E-state index in [1.807, 2.05) is 36.4 Å². The summed E-state index contributed by atoms with van der Waals surface area (Å²) in [5.74, 6) is 0.160. The van der Waals surface area contributed by atoms with Gasteiger partial charge in [-0.15, -0.1) is 0 Å². The maximum Gasteiger partial charge on any atom is 0.275 e. The number of nitrogens with zero attached hydrogens (tertiary/aromatic N) is 3. The van der Waals surface area contributed by atoms with Crippen LogP contribution in [0.2, 0.25) is 0 Å². The first kappa shape index (κ1) is 15.2. The van der Waals surface area contributed by atoms with Gasteiger partial charge in [0.15, 0.2) is 0 Å². The van der Waals surface area contributed by atoms with Gasteiger partial charge in [0.2, 0.25) is 0 Å². The number of anilines is 3. The summed E-state index contributed by atoms with van der Waals surface area (Å²) < 4.78 is 0. The molecule has 116 valence electrons. The van der Waals surface area contributed by atoms with E-state index in [0.717, 1.165) is 5.69 Å². The molecule has 0 atom stereocenters. The maximum absolute atomic E-state index is 12.2. The van der Waals surface area contributed by atoms with Gasteiger partial charge in [-0.25, -0.2) is 9.97 Å². The van der Waals surface area contributed by atoms with Crippen LogP contribution in [0.4, 0.5) is 17.2 Å². The monoisotopic (exact) mass is 315 g/mol. The van der Waals surface area contributed by atoms with Crippen molar-refractivity contribution in [2.45, 2.75) is 0 Å². The van der Waals surface area contributed by atoms with Crippen LogP contribution < -0.4 is 10.6 Å². The van der Waals surface area contributed by atoms with Gasteiger partial charge in [0, 0.05) is 11.4 Å². The maximum atomic E-state index is 12.2. The van der Waals surface area contributed by atoms with Crippen LogP contribution in [-0.2, 0) is 0 Å². The number of aromatic nitrogens is 2. The van der Waals surface area contributed by atoms with E-state index >= 15 is 0 Å². The highest BCUT2D eigenvalue weighted by atomic mass is 16.1. The normalized spacial score (nSPS) is 9.79. The lowest BCUT2D eigenvalue weighted by atomic mass is 10.2. The standard InChI is InChI=1S/C18H13N5O/c19-10-13-5-4-8-15(9-13)23-18(24)16-11-21-17(12-20-16)22-14-6-2-1-3-7-14/h1-9,11-12H,(H,21,22)(H,23,24). The lowest BCUT2D eigenvalue weighted by Crippen LogP contribution is -2.14. The van der Waals surface area contributed by atoms with Gasteiger partial charge in [-0.2, -0.15) is 5.26 Å². The topological polar surface area (TPSA) is 90.7 Å². The molecular formula is C18H13N5O. The van der Waals surface area contributed by atoms with Crippen molar-refractivity contribution in [1.82, 2.24) is 9.97 Å². The third kappa shape index (κ3) is 3.72. The van der Waals surface area contributed by atoms with Crippen molar-refractivity contribution in [3.05, 3.63) is 78.2 Å². The van der Waals surface area contributed by atoms with Crippen LogP contribution in [0.5, 0.6) is 0 Å². The Bertz CT molecular complexity index is 885. The quantitative estimate of drug-likeness (QED) is 0.770. The number of hydrogen-bond donors (Lipinski definition) is 2. The number of rotatable bonds is 4. The zero-order valence-electron chi connectivity index (χ0n) is 12.6. The molecule has 2 aromatic carbocycles. The van der Waals surface area contributed by atoms with Crippen molar-refractivity contribution < 1.29 is 4.79 Å². The fourth-order valence-electron chi connectivity index (χ4n) is 2.04. The first-order valence-electron chi connectivity index (χ1n) is 7.20. The molecule has 24 heavy (non-hydrogen) atoms. The predicted molar refractivity (Wildman–Crippen MR) is 90.9 cm³/mol. The molecule has 0 bridgehead atoms. The molecule has 1 heterocycles. The summed E-state index contributed by atoms with van der Waals surface area (Å²) in [7, 11) is 0. The second-order valence-electron chi connectivity index (χ2n) is 4.92. The Kier molecular flexibility index (Phi) is 4.45. The average Bonchev–Trinajstić information content (AvgIpc) is 2.63. The van der Waals surface area contributed by atoms with Crippen molar-refractivity contribution in [3.8, 4) is 6.07 Å². The number of benzene rings is 2. The molecule has 3 aromatic rings. The third-order valence-electron chi connectivity index (χ3n) is 3.18. The fraction of sp³-hybridized carbons (Fsp3) is 0. The number of para-hydroxylation sites is 1. The van der Waals surface area contributed by atoms with E-state index in [4.69, 9.17) is 5.26 Å². The summed E-state index contributed by atoms with van der Waals surface area (Å²) in [4.78, 5) is 20.5. The largest absolute Gasteiger partial charge is 0.339 e. The predicted octanol–water partition coefficient (Wildman–Crippen LogP) is 3.34. The Morgan fingerprint density at radius 2 is 1.75 bits per heavy atom. The van der Waals surface area contributed by atoms with Crippen LogP contribution in [0.3, 0.4) is 0 Å². The van der Waals surface area contributed by atoms with E-state index in [0.29, 0.717) is 17.1 Å². The molecule has 3 rings (SSSR count). The Hall–Kier alpha value is -3.72. The molecule has 0 spiro atoms. The first-order valence-corrected chi connectivity index (χ1v) is 7.20. The van der Waals surface area contributed by atoms with Crippen molar-refractivity contribution in [2.24, 2.45) is 0 Å². The lowest BCUT2D eigenvalue weighted by Gasteiger charge is -2.07.